The summed E-state index contributed by atoms with van der Waals surface area (Å²) in [6.07, 6.45) is 5.67. The number of nitrogens with one attached hydrogen (secondary N) is 1. The number of piperidine rings is 1. The quantitative estimate of drug-likeness (QED) is 0.598. The van der Waals surface area contributed by atoms with Crippen molar-refractivity contribution in [3.05, 3.63) is 0 Å². The fourth-order valence-electron chi connectivity index (χ4n) is 2.18. The Morgan fingerprint density at radius 3 is 3.09 bits per heavy atom. The van der Waals surface area contributed by atoms with Crippen LogP contribution in [-0.2, 0) is 0 Å². The second-order valence-corrected chi connectivity index (χ2v) is 5.15. The fourth-order valence-corrected chi connectivity index (χ4v) is 3.56. The zero-order valence-electron chi connectivity index (χ0n) is 7.18. The lowest BCUT2D eigenvalue weighted by Gasteiger charge is -2.38. The van der Waals surface area contributed by atoms with Crippen molar-refractivity contribution in [2.45, 2.75) is 49.9 Å². The van der Waals surface area contributed by atoms with Gasteiger partial charge in [0.2, 0.25) is 0 Å². The van der Waals surface area contributed by atoms with E-state index in [1.807, 2.05) is 0 Å². The summed E-state index contributed by atoms with van der Waals surface area (Å²) >= 11 is 2.19. The molecule has 0 saturated carbocycles. The summed E-state index contributed by atoms with van der Waals surface area (Å²) in [6.45, 7) is 2.31. The van der Waals surface area contributed by atoms with E-state index in [4.69, 9.17) is 0 Å². The van der Waals surface area contributed by atoms with Gasteiger partial charge in [-0.25, -0.2) is 0 Å². The molecule has 2 rings (SSSR count). The largest absolute Gasteiger partial charge is 0.310 e. The number of hydrogen-bond donors (Lipinski definition) is 1. The molecule has 1 nitrogen and oxygen atoms in total. The molecule has 3 atom stereocenters. The minimum Gasteiger partial charge on any atom is -0.310 e. The van der Waals surface area contributed by atoms with Crippen LogP contribution in [0.1, 0.15) is 32.6 Å². The molecule has 1 N–H and O–H groups in total. The molecule has 3 unspecified atom stereocenters. The molecule has 0 aromatic heterocycles. The first-order chi connectivity index (χ1) is 5.36. The molecule has 2 aliphatic heterocycles. The van der Waals surface area contributed by atoms with Gasteiger partial charge in [-0.1, -0.05) is 0 Å². The Labute approximate surface area is 73.3 Å². The van der Waals surface area contributed by atoms with Crippen molar-refractivity contribution in [1.82, 2.24) is 5.32 Å². The average molecular weight is 171 g/mol. The Morgan fingerprint density at radius 2 is 2.18 bits per heavy atom. The van der Waals surface area contributed by atoms with Crippen molar-refractivity contribution in [3.8, 4) is 0 Å². The molecular formula is C9H17NS. The average Bonchev–Trinajstić information content (AvgIpc) is 2.04. The third-order valence-corrected chi connectivity index (χ3v) is 4.34. The highest BCUT2D eigenvalue weighted by molar-refractivity contribution is 8.00. The molecule has 0 bridgehead atoms. The van der Waals surface area contributed by atoms with Gasteiger partial charge in [0, 0.05) is 17.3 Å². The van der Waals surface area contributed by atoms with Crippen molar-refractivity contribution in [3.63, 3.8) is 0 Å². The molecule has 0 radical (unpaired) electrons. The maximum atomic E-state index is 3.70. The van der Waals surface area contributed by atoms with Gasteiger partial charge in [0.25, 0.3) is 0 Å². The highest BCUT2D eigenvalue weighted by Crippen LogP contribution is 2.32. The lowest BCUT2D eigenvalue weighted by molar-refractivity contribution is 0.323. The summed E-state index contributed by atoms with van der Waals surface area (Å²) < 4.78 is 0. The molecule has 0 aromatic rings. The minimum absolute atomic E-state index is 0.773. The second kappa shape index (κ2) is 3.36. The molecule has 0 amide bonds. The van der Waals surface area contributed by atoms with Gasteiger partial charge in [0.05, 0.1) is 0 Å². The third kappa shape index (κ3) is 1.73. The van der Waals surface area contributed by atoms with Gasteiger partial charge in [0.1, 0.15) is 0 Å². The molecule has 2 heterocycles. The van der Waals surface area contributed by atoms with Gasteiger partial charge < -0.3 is 5.32 Å². The maximum Gasteiger partial charge on any atom is 0.0201 e. The monoisotopic (exact) mass is 171 g/mol. The zero-order valence-corrected chi connectivity index (χ0v) is 7.99. The normalized spacial score (nSPS) is 45.0. The summed E-state index contributed by atoms with van der Waals surface area (Å²) in [6, 6.07) is 1.62. The Balaban J connectivity index is 1.93. The van der Waals surface area contributed by atoms with E-state index in [1.165, 1.54) is 31.4 Å². The minimum atomic E-state index is 0.773. The smallest absolute Gasteiger partial charge is 0.0201 e. The SMILES string of the molecule is CC1CCC2SCCCC2N1. The van der Waals surface area contributed by atoms with E-state index in [0.29, 0.717) is 0 Å². The van der Waals surface area contributed by atoms with Gasteiger partial charge in [0.15, 0.2) is 0 Å². The Bertz CT molecular complexity index is 138. The van der Waals surface area contributed by atoms with Crippen LogP contribution in [0, 0.1) is 0 Å². The fraction of sp³-hybridized carbons (Fsp3) is 1.00. The summed E-state index contributed by atoms with van der Waals surface area (Å²) in [4.78, 5) is 0. The van der Waals surface area contributed by atoms with Crippen molar-refractivity contribution < 1.29 is 0 Å². The van der Waals surface area contributed by atoms with Crippen molar-refractivity contribution in [2.75, 3.05) is 5.75 Å². The highest BCUT2D eigenvalue weighted by atomic mass is 32.2. The summed E-state index contributed by atoms with van der Waals surface area (Å²) in [5.41, 5.74) is 0. The second-order valence-electron chi connectivity index (χ2n) is 3.80. The van der Waals surface area contributed by atoms with Crippen LogP contribution in [0.5, 0.6) is 0 Å². The number of thioether (sulfide) groups is 1. The predicted molar refractivity (Wildman–Crippen MR) is 51.1 cm³/mol. The van der Waals surface area contributed by atoms with Crippen LogP contribution in [0.3, 0.4) is 0 Å². The van der Waals surface area contributed by atoms with Crippen molar-refractivity contribution >= 4 is 11.8 Å². The summed E-state index contributed by atoms with van der Waals surface area (Å²) in [7, 11) is 0. The number of hydrogen-bond acceptors (Lipinski definition) is 2. The molecule has 0 spiro atoms. The number of fused-ring (bicyclic) bond motifs is 1. The van der Waals surface area contributed by atoms with Crippen LogP contribution in [0.2, 0.25) is 0 Å². The first kappa shape index (κ1) is 7.93. The lowest BCUT2D eigenvalue weighted by atomic mass is 9.95. The van der Waals surface area contributed by atoms with Gasteiger partial charge in [-0.15, -0.1) is 0 Å². The van der Waals surface area contributed by atoms with Crippen molar-refractivity contribution in [2.24, 2.45) is 0 Å². The molecule has 0 aliphatic carbocycles. The van der Waals surface area contributed by atoms with Crippen molar-refractivity contribution in [1.29, 1.82) is 0 Å². The molecule has 2 saturated heterocycles. The van der Waals surface area contributed by atoms with Gasteiger partial charge >= 0.3 is 0 Å². The van der Waals surface area contributed by atoms with E-state index in [1.54, 1.807) is 0 Å². The maximum absolute atomic E-state index is 3.70. The van der Waals surface area contributed by atoms with E-state index in [2.05, 4.69) is 24.0 Å². The van der Waals surface area contributed by atoms with Crippen LogP contribution in [0.4, 0.5) is 0 Å². The van der Waals surface area contributed by atoms with E-state index < -0.39 is 0 Å². The molecular weight excluding hydrogens is 154 g/mol. The Morgan fingerprint density at radius 1 is 1.27 bits per heavy atom. The first-order valence-corrected chi connectivity index (χ1v) is 5.79. The molecule has 2 aliphatic rings. The molecule has 2 heteroatoms. The predicted octanol–water partition coefficient (Wildman–Crippen LogP) is 2.02. The zero-order chi connectivity index (χ0) is 7.68. The van der Waals surface area contributed by atoms with Crippen LogP contribution in [0.15, 0.2) is 0 Å². The molecule has 0 aromatic carbocycles. The van der Waals surface area contributed by atoms with Crippen LogP contribution >= 0.6 is 11.8 Å². The van der Waals surface area contributed by atoms with Crippen LogP contribution < -0.4 is 5.32 Å². The molecule has 64 valence electrons. The van der Waals surface area contributed by atoms with E-state index in [9.17, 15) is 0 Å². The Hall–Kier alpha value is 0.310. The third-order valence-electron chi connectivity index (χ3n) is 2.82. The van der Waals surface area contributed by atoms with Gasteiger partial charge in [-0.2, -0.15) is 11.8 Å². The first-order valence-electron chi connectivity index (χ1n) is 4.74. The number of rotatable bonds is 0. The lowest BCUT2D eigenvalue weighted by Crippen LogP contribution is -2.49. The highest BCUT2D eigenvalue weighted by Gasteiger charge is 2.30. The standard InChI is InChI=1S/C9H17NS/c1-7-4-5-9-8(10-7)3-2-6-11-9/h7-10H,2-6H2,1H3. The van der Waals surface area contributed by atoms with E-state index in [0.717, 1.165) is 17.3 Å². The topological polar surface area (TPSA) is 12.0 Å². The summed E-state index contributed by atoms with van der Waals surface area (Å²) in [5, 5.41) is 4.64. The van der Waals surface area contributed by atoms with Crippen LogP contribution in [0.25, 0.3) is 0 Å². The van der Waals surface area contributed by atoms with Crippen LogP contribution in [-0.4, -0.2) is 23.1 Å². The van der Waals surface area contributed by atoms with Gasteiger partial charge in [-0.3, -0.25) is 0 Å². The van der Waals surface area contributed by atoms with E-state index in [-0.39, 0.29) is 0 Å². The molecule has 2 fully saturated rings. The summed E-state index contributed by atoms with van der Waals surface area (Å²) in [5.74, 6) is 1.40. The van der Waals surface area contributed by atoms with Gasteiger partial charge in [-0.05, 0) is 38.4 Å². The molecule has 11 heavy (non-hydrogen) atoms. The van der Waals surface area contributed by atoms with E-state index >= 15 is 0 Å². The Kier molecular flexibility index (Phi) is 2.42.